The van der Waals surface area contributed by atoms with Crippen molar-refractivity contribution < 1.29 is 27.9 Å². The minimum Gasteiger partial charge on any atom is -0.481 e. The fourth-order valence-corrected chi connectivity index (χ4v) is 0.994. The maximum Gasteiger partial charge on any atom is 0.435 e. The number of hydrogen-bond donors (Lipinski definition) is 3. The molecule has 0 unspecified atom stereocenters. The number of carbonyl (C=O) groups is 2. The molecular formula is C9H9F3N4O3. The SMILES string of the molecule is O=C(O)CCNC(=O)Nc1ccc(C(F)(F)F)nn1. The molecule has 0 spiro atoms. The van der Waals surface area contributed by atoms with Gasteiger partial charge in [-0.25, -0.2) is 4.79 Å². The van der Waals surface area contributed by atoms with Gasteiger partial charge >= 0.3 is 18.2 Å². The van der Waals surface area contributed by atoms with Gasteiger partial charge in [0.05, 0.1) is 6.42 Å². The molecule has 7 nitrogen and oxygen atoms in total. The number of carboxylic acids is 1. The standard InChI is InChI=1S/C9H9F3N4O3/c10-9(11,12)5-1-2-6(16-15-5)14-8(19)13-4-3-7(17)18/h1-2H,3-4H2,(H,17,18)(H2,13,14,16,19). The van der Waals surface area contributed by atoms with Crippen LogP contribution in [-0.2, 0) is 11.0 Å². The third-order valence-electron chi connectivity index (χ3n) is 1.82. The summed E-state index contributed by atoms with van der Waals surface area (Å²) in [5.41, 5.74) is -1.18. The monoisotopic (exact) mass is 278 g/mol. The average Bonchev–Trinajstić information content (AvgIpc) is 2.27. The summed E-state index contributed by atoms with van der Waals surface area (Å²) in [4.78, 5) is 21.3. The second-order valence-corrected chi connectivity index (χ2v) is 3.33. The molecule has 0 aliphatic carbocycles. The fraction of sp³-hybridized carbons (Fsp3) is 0.333. The predicted molar refractivity (Wildman–Crippen MR) is 56.3 cm³/mol. The van der Waals surface area contributed by atoms with E-state index in [0.717, 1.165) is 6.07 Å². The molecule has 0 bridgehead atoms. The summed E-state index contributed by atoms with van der Waals surface area (Å²) in [6.07, 6.45) is -4.87. The smallest absolute Gasteiger partial charge is 0.435 e. The topological polar surface area (TPSA) is 104 Å². The van der Waals surface area contributed by atoms with Gasteiger partial charge in [-0.1, -0.05) is 0 Å². The highest BCUT2D eigenvalue weighted by atomic mass is 19.4. The molecule has 0 aromatic carbocycles. The number of aromatic nitrogens is 2. The second kappa shape index (κ2) is 5.98. The summed E-state index contributed by atoms with van der Waals surface area (Å²) < 4.78 is 36.5. The molecule has 10 heteroatoms. The van der Waals surface area contributed by atoms with Crippen molar-refractivity contribution in [3.05, 3.63) is 17.8 Å². The van der Waals surface area contributed by atoms with Gasteiger partial charge in [0, 0.05) is 6.54 Å². The van der Waals surface area contributed by atoms with Crippen LogP contribution in [0.5, 0.6) is 0 Å². The Labute approximate surface area is 104 Å². The number of urea groups is 1. The van der Waals surface area contributed by atoms with Crippen LogP contribution in [-0.4, -0.2) is 33.8 Å². The lowest BCUT2D eigenvalue weighted by Gasteiger charge is -2.07. The van der Waals surface area contributed by atoms with E-state index < -0.39 is 23.9 Å². The molecule has 1 aromatic heterocycles. The Hall–Kier alpha value is -2.39. The van der Waals surface area contributed by atoms with E-state index in [0.29, 0.717) is 6.07 Å². The zero-order valence-electron chi connectivity index (χ0n) is 9.36. The number of anilines is 1. The summed E-state index contributed by atoms with van der Waals surface area (Å²) in [5, 5.41) is 18.7. The van der Waals surface area contributed by atoms with Crippen LogP contribution >= 0.6 is 0 Å². The van der Waals surface area contributed by atoms with Crippen LogP contribution in [0.4, 0.5) is 23.8 Å². The van der Waals surface area contributed by atoms with Gasteiger partial charge in [-0.15, -0.1) is 10.2 Å². The van der Waals surface area contributed by atoms with Crippen LogP contribution in [0.15, 0.2) is 12.1 Å². The molecule has 1 heterocycles. The van der Waals surface area contributed by atoms with Crippen molar-refractivity contribution in [3.8, 4) is 0 Å². The minimum atomic E-state index is -4.60. The van der Waals surface area contributed by atoms with Crippen molar-refractivity contribution >= 4 is 17.8 Å². The van der Waals surface area contributed by atoms with Crippen LogP contribution < -0.4 is 10.6 Å². The van der Waals surface area contributed by atoms with E-state index in [1.165, 1.54) is 0 Å². The number of nitrogens with zero attached hydrogens (tertiary/aromatic N) is 2. The molecule has 0 aliphatic heterocycles. The molecule has 19 heavy (non-hydrogen) atoms. The van der Waals surface area contributed by atoms with E-state index in [2.05, 4.69) is 20.8 Å². The molecule has 0 saturated carbocycles. The summed E-state index contributed by atoms with van der Waals surface area (Å²) in [5.74, 6) is -1.27. The summed E-state index contributed by atoms with van der Waals surface area (Å²) in [6, 6.07) is 0.822. The van der Waals surface area contributed by atoms with E-state index in [4.69, 9.17) is 5.11 Å². The van der Waals surface area contributed by atoms with Gasteiger partial charge in [0.15, 0.2) is 11.5 Å². The Morgan fingerprint density at radius 2 is 1.95 bits per heavy atom. The van der Waals surface area contributed by atoms with Crippen molar-refractivity contribution in [2.45, 2.75) is 12.6 Å². The molecule has 0 aliphatic rings. The van der Waals surface area contributed by atoms with E-state index in [-0.39, 0.29) is 18.8 Å². The number of nitrogens with one attached hydrogen (secondary N) is 2. The maximum atomic E-state index is 12.2. The number of alkyl halides is 3. The maximum absolute atomic E-state index is 12.2. The van der Waals surface area contributed by atoms with Crippen LogP contribution in [0.25, 0.3) is 0 Å². The van der Waals surface area contributed by atoms with E-state index in [1.54, 1.807) is 0 Å². The van der Waals surface area contributed by atoms with Gasteiger partial charge in [0.2, 0.25) is 0 Å². The van der Waals surface area contributed by atoms with Crippen LogP contribution in [0.2, 0.25) is 0 Å². The van der Waals surface area contributed by atoms with Crippen molar-refractivity contribution in [2.75, 3.05) is 11.9 Å². The largest absolute Gasteiger partial charge is 0.481 e. The van der Waals surface area contributed by atoms with Crippen molar-refractivity contribution in [1.29, 1.82) is 0 Å². The molecule has 0 fully saturated rings. The number of amides is 2. The van der Waals surface area contributed by atoms with Gasteiger partial charge in [0.1, 0.15) is 0 Å². The molecule has 104 valence electrons. The van der Waals surface area contributed by atoms with Crippen molar-refractivity contribution in [2.24, 2.45) is 0 Å². The van der Waals surface area contributed by atoms with Gasteiger partial charge in [-0.2, -0.15) is 13.2 Å². The Bertz CT molecular complexity index is 461. The Morgan fingerprint density at radius 3 is 2.42 bits per heavy atom. The Morgan fingerprint density at radius 1 is 1.26 bits per heavy atom. The van der Waals surface area contributed by atoms with Gasteiger partial charge in [-0.3, -0.25) is 10.1 Å². The minimum absolute atomic E-state index is 0.116. The first-order chi connectivity index (χ1) is 8.79. The van der Waals surface area contributed by atoms with Gasteiger partial charge in [0.25, 0.3) is 0 Å². The number of carboxylic acid groups (broad SMARTS) is 1. The number of carbonyl (C=O) groups excluding carboxylic acids is 1. The first kappa shape index (κ1) is 14.7. The molecule has 1 rings (SSSR count). The summed E-state index contributed by atoms with van der Waals surface area (Å²) in [6.45, 7) is -0.116. The zero-order valence-corrected chi connectivity index (χ0v) is 9.36. The van der Waals surface area contributed by atoms with Gasteiger partial charge < -0.3 is 10.4 Å². The number of aliphatic carboxylic acids is 1. The van der Waals surface area contributed by atoms with Crippen molar-refractivity contribution in [3.63, 3.8) is 0 Å². The second-order valence-electron chi connectivity index (χ2n) is 3.33. The van der Waals surface area contributed by atoms with Gasteiger partial charge in [-0.05, 0) is 12.1 Å². The van der Waals surface area contributed by atoms with E-state index in [9.17, 15) is 22.8 Å². The zero-order chi connectivity index (χ0) is 14.5. The summed E-state index contributed by atoms with van der Waals surface area (Å²) >= 11 is 0. The van der Waals surface area contributed by atoms with E-state index in [1.807, 2.05) is 0 Å². The molecule has 1 aromatic rings. The number of halogens is 3. The third kappa shape index (κ3) is 5.19. The molecule has 3 N–H and O–H groups in total. The lowest BCUT2D eigenvalue weighted by atomic mass is 10.4. The third-order valence-corrected chi connectivity index (χ3v) is 1.82. The lowest BCUT2D eigenvalue weighted by molar-refractivity contribution is -0.141. The van der Waals surface area contributed by atoms with Crippen LogP contribution in [0.3, 0.4) is 0 Å². The highest BCUT2D eigenvalue weighted by Crippen LogP contribution is 2.26. The summed E-state index contributed by atoms with van der Waals surface area (Å²) in [7, 11) is 0. The average molecular weight is 278 g/mol. The molecule has 0 saturated heterocycles. The highest BCUT2D eigenvalue weighted by molar-refractivity contribution is 5.88. The molecule has 2 amide bonds. The van der Waals surface area contributed by atoms with Crippen LogP contribution in [0.1, 0.15) is 12.1 Å². The van der Waals surface area contributed by atoms with Crippen molar-refractivity contribution in [1.82, 2.24) is 15.5 Å². The molecular weight excluding hydrogens is 269 g/mol. The number of rotatable bonds is 4. The quantitative estimate of drug-likeness (QED) is 0.764. The Kier molecular flexibility index (Phi) is 4.62. The first-order valence-corrected chi connectivity index (χ1v) is 4.96. The Balaban J connectivity index is 2.49. The molecule has 0 radical (unpaired) electrons. The fourth-order valence-electron chi connectivity index (χ4n) is 0.994. The van der Waals surface area contributed by atoms with E-state index >= 15 is 0 Å². The lowest BCUT2D eigenvalue weighted by Crippen LogP contribution is -2.31. The number of hydrogen-bond acceptors (Lipinski definition) is 4. The van der Waals surface area contributed by atoms with Crippen LogP contribution in [0, 0.1) is 0 Å². The molecule has 0 atom stereocenters. The predicted octanol–water partition coefficient (Wildman–Crippen LogP) is 1.09. The first-order valence-electron chi connectivity index (χ1n) is 4.96. The highest BCUT2D eigenvalue weighted by Gasteiger charge is 2.32. The normalized spacial score (nSPS) is 10.9.